The van der Waals surface area contributed by atoms with Crippen molar-refractivity contribution in [3.05, 3.63) is 65.2 Å². The third-order valence-corrected chi connectivity index (χ3v) is 4.22. The predicted molar refractivity (Wildman–Crippen MR) is 78.7 cm³/mol. The number of rotatable bonds is 3. The molecule has 0 aliphatic carbocycles. The van der Waals surface area contributed by atoms with Gasteiger partial charge in [-0.1, -0.05) is 36.4 Å². The molecule has 1 fully saturated rings. The summed E-state index contributed by atoms with van der Waals surface area (Å²) in [4.78, 5) is 4.98. The van der Waals surface area contributed by atoms with Crippen LogP contribution in [-0.4, -0.2) is 13.3 Å². The van der Waals surface area contributed by atoms with Crippen LogP contribution in [0.5, 0.6) is 5.75 Å². The van der Waals surface area contributed by atoms with E-state index < -0.39 is 41.6 Å². The van der Waals surface area contributed by atoms with Crippen molar-refractivity contribution in [3.8, 4) is 5.75 Å². The molecule has 2 atom stereocenters. The molecule has 2 aromatic rings. The molecule has 2 unspecified atom stereocenters. The molecule has 3 rings (SSSR count). The second-order valence-corrected chi connectivity index (χ2v) is 5.65. The van der Waals surface area contributed by atoms with Crippen LogP contribution in [0.25, 0.3) is 0 Å². The van der Waals surface area contributed by atoms with Crippen LogP contribution >= 0.6 is 0 Å². The van der Waals surface area contributed by atoms with Crippen molar-refractivity contribution in [1.82, 2.24) is 5.48 Å². The Morgan fingerprint density at radius 2 is 1.80 bits per heavy atom. The number of hydroxylamine groups is 1. The van der Waals surface area contributed by atoms with Gasteiger partial charge in [0.15, 0.2) is 11.6 Å². The third kappa shape index (κ3) is 2.85. The molecule has 1 heterocycles. The SMILES string of the molecule is COc1c(C2CC(c3ccccc3)(C(F)(F)F)ON2)ccc(F)c1F. The van der Waals surface area contributed by atoms with Gasteiger partial charge in [0.1, 0.15) is 0 Å². The summed E-state index contributed by atoms with van der Waals surface area (Å²) in [5.41, 5.74) is -0.341. The monoisotopic (exact) mass is 359 g/mol. The maximum Gasteiger partial charge on any atom is 0.423 e. The van der Waals surface area contributed by atoms with Gasteiger partial charge in [-0.25, -0.2) is 4.39 Å². The minimum absolute atomic E-state index is 0.0449. The molecule has 0 amide bonds. The normalized spacial score (nSPS) is 23.7. The van der Waals surface area contributed by atoms with Crippen LogP contribution in [0.4, 0.5) is 22.0 Å². The van der Waals surface area contributed by atoms with E-state index >= 15 is 0 Å². The summed E-state index contributed by atoms with van der Waals surface area (Å²) in [5, 5.41) is 0. The first-order valence-corrected chi connectivity index (χ1v) is 7.38. The summed E-state index contributed by atoms with van der Waals surface area (Å²) in [6.07, 6.45) is -5.27. The Morgan fingerprint density at radius 1 is 1.12 bits per heavy atom. The summed E-state index contributed by atoms with van der Waals surface area (Å²) in [6, 6.07) is 8.12. The van der Waals surface area contributed by atoms with Gasteiger partial charge in [0.2, 0.25) is 11.4 Å². The van der Waals surface area contributed by atoms with E-state index in [4.69, 9.17) is 9.57 Å². The van der Waals surface area contributed by atoms with E-state index in [0.717, 1.165) is 13.2 Å². The Bertz CT molecular complexity index is 766. The number of benzene rings is 2. The van der Waals surface area contributed by atoms with Crippen LogP contribution in [0.2, 0.25) is 0 Å². The fourth-order valence-electron chi connectivity index (χ4n) is 2.97. The summed E-state index contributed by atoms with van der Waals surface area (Å²) in [5.74, 6) is -2.86. The summed E-state index contributed by atoms with van der Waals surface area (Å²) in [6.45, 7) is 0. The fourth-order valence-corrected chi connectivity index (χ4v) is 2.97. The van der Waals surface area contributed by atoms with Crippen molar-refractivity contribution in [1.29, 1.82) is 0 Å². The number of methoxy groups -OCH3 is 1. The minimum Gasteiger partial charge on any atom is -0.493 e. The summed E-state index contributed by atoms with van der Waals surface area (Å²) >= 11 is 0. The lowest BCUT2D eigenvalue weighted by molar-refractivity contribution is -0.282. The van der Waals surface area contributed by atoms with Crippen LogP contribution in [-0.2, 0) is 10.4 Å². The standard InChI is InChI=1S/C17H14F5NO2/c1-24-15-11(7-8-12(18)14(15)19)13-9-16(25-23-13,17(20,21)22)10-5-3-2-4-6-10/h2-8,13,23H,9H2,1H3. The van der Waals surface area contributed by atoms with Gasteiger partial charge in [-0.3, -0.25) is 4.84 Å². The summed E-state index contributed by atoms with van der Waals surface area (Å²) in [7, 11) is 1.12. The van der Waals surface area contributed by atoms with E-state index in [1.165, 1.54) is 30.3 Å². The summed E-state index contributed by atoms with van der Waals surface area (Å²) < 4.78 is 73.4. The van der Waals surface area contributed by atoms with E-state index in [1.807, 2.05) is 0 Å². The largest absolute Gasteiger partial charge is 0.493 e. The van der Waals surface area contributed by atoms with Crippen molar-refractivity contribution in [3.63, 3.8) is 0 Å². The molecular weight excluding hydrogens is 345 g/mol. The zero-order valence-electron chi connectivity index (χ0n) is 13.0. The van der Waals surface area contributed by atoms with Crippen molar-refractivity contribution >= 4 is 0 Å². The fraction of sp³-hybridized carbons (Fsp3) is 0.294. The number of hydrogen-bond acceptors (Lipinski definition) is 3. The Labute approximate surface area is 140 Å². The van der Waals surface area contributed by atoms with Gasteiger partial charge in [0.25, 0.3) is 0 Å². The lowest BCUT2D eigenvalue weighted by Gasteiger charge is -2.30. The van der Waals surface area contributed by atoms with Crippen molar-refractivity contribution in [2.45, 2.75) is 24.2 Å². The van der Waals surface area contributed by atoms with Gasteiger partial charge in [0, 0.05) is 12.0 Å². The first kappa shape index (κ1) is 17.6. The molecule has 8 heteroatoms. The van der Waals surface area contributed by atoms with Crippen LogP contribution in [0.1, 0.15) is 23.6 Å². The highest BCUT2D eigenvalue weighted by molar-refractivity contribution is 5.39. The molecule has 2 aromatic carbocycles. The zero-order valence-corrected chi connectivity index (χ0v) is 13.0. The van der Waals surface area contributed by atoms with E-state index in [9.17, 15) is 22.0 Å². The minimum atomic E-state index is -4.72. The topological polar surface area (TPSA) is 30.5 Å². The maximum atomic E-state index is 13.9. The molecule has 0 bridgehead atoms. The highest BCUT2D eigenvalue weighted by Crippen LogP contribution is 2.51. The van der Waals surface area contributed by atoms with E-state index in [-0.39, 0.29) is 11.1 Å². The Kier molecular flexibility index (Phi) is 4.42. The van der Waals surface area contributed by atoms with E-state index in [0.29, 0.717) is 0 Å². The van der Waals surface area contributed by atoms with Crippen LogP contribution in [0.15, 0.2) is 42.5 Å². The first-order chi connectivity index (χ1) is 11.8. The molecule has 1 N–H and O–H groups in total. The molecule has 1 saturated heterocycles. The molecule has 3 nitrogen and oxygen atoms in total. The van der Waals surface area contributed by atoms with Crippen molar-refractivity contribution in [2.24, 2.45) is 0 Å². The first-order valence-electron chi connectivity index (χ1n) is 7.38. The average molecular weight is 359 g/mol. The number of hydrogen-bond donors (Lipinski definition) is 1. The van der Waals surface area contributed by atoms with Crippen molar-refractivity contribution in [2.75, 3.05) is 7.11 Å². The second kappa shape index (κ2) is 6.27. The van der Waals surface area contributed by atoms with E-state index in [1.54, 1.807) is 6.07 Å². The van der Waals surface area contributed by atoms with Gasteiger partial charge in [0.05, 0.1) is 13.2 Å². The number of ether oxygens (including phenoxy) is 1. The molecule has 0 saturated carbocycles. The quantitative estimate of drug-likeness (QED) is 0.825. The molecular formula is C17H14F5NO2. The Hall–Kier alpha value is -2.19. The van der Waals surface area contributed by atoms with Crippen molar-refractivity contribution < 1.29 is 31.5 Å². The predicted octanol–water partition coefficient (Wildman–Crippen LogP) is 4.40. The van der Waals surface area contributed by atoms with Crippen LogP contribution < -0.4 is 10.2 Å². The lowest BCUT2D eigenvalue weighted by atomic mass is 9.85. The Morgan fingerprint density at radius 3 is 2.40 bits per heavy atom. The smallest absolute Gasteiger partial charge is 0.423 e. The highest BCUT2D eigenvalue weighted by Gasteiger charge is 2.62. The molecule has 0 spiro atoms. The molecule has 25 heavy (non-hydrogen) atoms. The van der Waals surface area contributed by atoms with Gasteiger partial charge in [-0.15, -0.1) is 0 Å². The number of alkyl halides is 3. The molecule has 134 valence electrons. The zero-order chi connectivity index (χ0) is 18.2. The third-order valence-electron chi connectivity index (χ3n) is 4.22. The van der Waals surface area contributed by atoms with Gasteiger partial charge < -0.3 is 4.74 Å². The highest BCUT2D eigenvalue weighted by atomic mass is 19.4. The second-order valence-electron chi connectivity index (χ2n) is 5.65. The van der Waals surface area contributed by atoms with Gasteiger partial charge in [-0.2, -0.15) is 23.0 Å². The molecule has 1 aliphatic heterocycles. The van der Waals surface area contributed by atoms with E-state index in [2.05, 4.69) is 5.48 Å². The lowest BCUT2D eigenvalue weighted by Crippen LogP contribution is -2.42. The van der Waals surface area contributed by atoms with Crippen LogP contribution in [0, 0.1) is 11.6 Å². The van der Waals surface area contributed by atoms with Crippen LogP contribution in [0.3, 0.4) is 0 Å². The number of halogens is 5. The Balaban J connectivity index is 2.03. The molecule has 0 radical (unpaired) electrons. The maximum absolute atomic E-state index is 13.9. The van der Waals surface area contributed by atoms with Gasteiger partial charge in [-0.05, 0) is 11.6 Å². The molecule has 0 aromatic heterocycles. The molecule has 1 aliphatic rings. The number of nitrogens with one attached hydrogen (secondary N) is 1. The van der Waals surface area contributed by atoms with Gasteiger partial charge >= 0.3 is 6.18 Å². The average Bonchev–Trinajstić information content (AvgIpc) is 3.04.